The van der Waals surface area contributed by atoms with Crippen LogP contribution in [0.5, 0.6) is 69.0 Å². The summed E-state index contributed by atoms with van der Waals surface area (Å²) in [6.45, 7) is 43.5. The van der Waals surface area contributed by atoms with Crippen molar-refractivity contribution in [1.82, 2.24) is 0 Å². The minimum absolute atomic E-state index is 0.0177. The largest absolute Gasteiger partial charge is 0.496 e. The summed E-state index contributed by atoms with van der Waals surface area (Å²) in [6, 6.07) is 17.2. The Hall–Kier alpha value is -11.8. The predicted molar refractivity (Wildman–Crippen MR) is 575 cm³/mol. The van der Waals surface area contributed by atoms with E-state index >= 15 is 0 Å². The maximum atomic E-state index is 13.8. The summed E-state index contributed by atoms with van der Waals surface area (Å²) in [4.78, 5) is 82.2. The number of carboxylic acid groups (broad SMARTS) is 2. The zero-order valence-electron chi connectivity index (χ0n) is 92.3. The third kappa shape index (κ3) is 28.9. The van der Waals surface area contributed by atoms with Gasteiger partial charge in [0.05, 0.1) is 111 Å². The fourth-order valence-corrected chi connectivity index (χ4v) is 19.9. The van der Waals surface area contributed by atoms with Crippen molar-refractivity contribution < 1.29 is 115 Å². The standard InChI is InChI=1S/2C60H84O12/c1-16-22-25-40(19-4)34-70-52-31-49(64-10)43(28-46(52)58(61)67-13)55-37(7)56(44-29-47(59(62)68-14)53(32-50(44)65-11)71-35-41(20-5)26-23-17-2)39(9)57(38(55)8)45-30-48(60(63)69-15)54(33-51(45)66-12)72-36-42(21-6)27-24-18-3;1-16-22-25-40(19-4)32-70-49-30-47(66-12)43(28-45(49)58(61)62)51-35(7)52(44-29-46(60(65)69-15)50(31-48(44)67-13)71-33-41(20-5)26-23-17-2)37(9)53(36(51)8)54-38(10)55(59(63)64)57(39(11)56(54)68-14)72-34-42(21-6)27-24-18-3/h28-33,40-42H,16-27,34-36H2,1-15H3;28-31,40-42H,16-27,32-34H2,1-15H3,(H,61,62)(H,63,64). The highest BCUT2D eigenvalue weighted by Crippen LogP contribution is 2.57. The average Bonchev–Trinajstić information content (AvgIpc) is 0.721. The SMILES string of the molecule is CCCCC(CC)COc1cc(OC)c(-c2c(C)c(-c3cc(C(=O)OC)c(OCC(CC)CCCC)cc3OC)c(C)c(-c3c(C)c(C(=O)O)c(OCC(CC)CCCC)c(C)c3OC)c2C)cc1C(=O)O.CCCCC(CC)COc1cc(OC)c(-c2c(C)c(-c3cc(C(=O)OC)c(OCC(CC)CCCC)cc3OC)c(C)c(-c3cc(C(=O)OC)c(OCC(CC)CCCC)cc3OC)c2C)cc1C(=O)OC. The number of ether oxygens (including phenoxy) is 16. The van der Waals surface area contributed by atoms with Crippen LogP contribution in [-0.4, -0.2) is 157 Å². The summed E-state index contributed by atoms with van der Waals surface area (Å²) in [6.07, 6.45) is 24.1. The van der Waals surface area contributed by atoms with Gasteiger partial charge in [-0.15, -0.1) is 0 Å². The van der Waals surface area contributed by atoms with Gasteiger partial charge in [-0.25, -0.2) is 28.8 Å². The Morgan fingerprint density at radius 2 is 0.438 bits per heavy atom. The topological polar surface area (TPSA) is 291 Å². The van der Waals surface area contributed by atoms with E-state index in [0.29, 0.717) is 209 Å². The van der Waals surface area contributed by atoms with Crippen molar-refractivity contribution in [2.45, 2.75) is 293 Å². The van der Waals surface area contributed by atoms with E-state index in [1.807, 2.05) is 48.5 Å². The van der Waals surface area contributed by atoms with Gasteiger partial charge in [-0.1, -0.05) is 199 Å². The van der Waals surface area contributed by atoms with Crippen LogP contribution in [0.4, 0.5) is 0 Å². The van der Waals surface area contributed by atoms with E-state index in [1.165, 1.54) is 35.5 Å². The van der Waals surface area contributed by atoms with Crippen molar-refractivity contribution >= 4 is 35.8 Å². The number of carboxylic acids is 2. The minimum atomic E-state index is -1.17. The number of carbonyl (C=O) groups excluding carboxylic acids is 4. The van der Waals surface area contributed by atoms with Gasteiger partial charge < -0.3 is 86.0 Å². The van der Waals surface area contributed by atoms with E-state index in [9.17, 15) is 39.0 Å². The van der Waals surface area contributed by atoms with Gasteiger partial charge in [0.25, 0.3) is 0 Å². The monoisotopic (exact) mass is 1990 g/mol. The second kappa shape index (κ2) is 59.0. The molecule has 0 aliphatic rings. The summed E-state index contributed by atoms with van der Waals surface area (Å²) in [7, 11) is 14.8. The molecule has 0 saturated heterocycles. The van der Waals surface area contributed by atoms with Gasteiger partial charge in [-0.3, -0.25) is 0 Å². The molecule has 6 unspecified atom stereocenters. The summed E-state index contributed by atoms with van der Waals surface area (Å²) < 4.78 is 97.7. The first-order valence-corrected chi connectivity index (χ1v) is 52.4. The van der Waals surface area contributed by atoms with Crippen molar-refractivity contribution in [3.63, 3.8) is 0 Å². The maximum absolute atomic E-state index is 13.8. The van der Waals surface area contributed by atoms with E-state index in [1.54, 1.807) is 103 Å². The molecule has 0 fully saturated rings. The van der Waals surface area contributed by atoms with Crippen molar-refractivity contribution in [1.29, 1.82) is 0 Å². The predicted octanol–water partition coefficient (Wildman–Crippen LogP) is 30.0. The quantitative estimate of drug-likeness (QED) is 0.0264. The highest BCUT2D eigenvalue weighted by Gasteiger charge is 2.37. The van der Waals surface area contributed by atoms with Gasteiger partial charge in [0.2, 0.25) is 0 Å². The smallest absolute Gasteiger partial charge is 0.341 e. The van der Waals surface area contributed by atoms with E-state index in [4.69, 9.17) is 75.8 Å². The molecule has 2 N–H and O–H groups in total. The molecule has 792 valence electrons. The molecule has 6 atom stereocenters. The number of methoxy groups -OCH3 is 10. The van der Waals surface area contributed by atoms with Crippen molar-refractivity contribution in [3.8, 4) is 136 Å². The fourth-order valence-electron chi connectivity index (χ4n) is 19.9. The average molecular weight is 1990 g/mol. The van der Waals surface area contributed by atoms with E-state index in [-0.39, 0.29) is 62.6 Å². The Morgan fingerprint density at radius 1 is 0.229 bits per heavy atom. The number of hydrogen-bond acceptors (Lipinski definition) is 22. The molecular formula is C120H168O24. The van der Waals surface area contributed by atoms with Crippen molar-refractivity contribution in [2.75, 3.05) is 111 Å². The van der Waals surface area contributed by atoms with Gasteiger partial charge in [0, 0.05) is 69.3 Å². The number of rotatable bonds is 60. The zero-order valence-corrected chi connectivity index (χ0v) is 92.3. The summed E-state index contributed by atoms with van der Waals surface area (Å²) in [5, 5.41) is 21.9. The van der Waals surface area contributed by atoms with E-state index in [0.717, 1.165) is 171 Å². The van der Waals surface area contributed by atoms with Crippen molar-refractivity contribution in [3.05, 3.63) is 139 Å². The van der Waals surface area contributed by atoms with Crippen LogP contribution in [0.3, 0.4) is 0 Å². The summed E-state index contributed by atoms with van der Waals surface area (Å²) in [5.41, 5.74) is 13.5. The second-order valence-corrected chi connectivity index (χ2v) is 38.0. The fraction of sp³-hybridized carbons (Fsp3) is 0.550. The Morgan fingerprint density at radius 3 is 0.625 bits per heavy atom. The molecule has 8 aromatic carbocycles. The van der Waals surface area contributed by atoms with Crippen LogP contribution in [-0.2, 0) is 18.9 Å². The molecule has 0 saturated carbocycles. The number of hydrogen-bond donors (Lipinski definition) is 2. The van der Waals surface area contributed by atoms with Crippen LogP contribution in [0, 0.1) is 90.9 Å². The van der Waals surface area contributed by atoms with Gasteiger partial charge in [0.15, 0.2) is 0 Å². The first-order valence-electron chi connectivity index (χ1n) is 52.4. The Bertz CT molecular complexity index is 5330. The number of benzene rings is 8. The molecule has 0 amide bonds. The van der Waals surface area contributed by atoms with E-state index < -0.39 is 35.8 Å². The Balaban J connectivity index is 0.000000391. The summed E-state index contributed by atoms with van der Waals surface area (Å²) >= 11 is 0. The molecular weight excluding hydrogens is 1830 g/mol. The first-order chi connectivity index (χ1) is 69.2. The zero-order chi connectivity index (χ0) is 106. The van der Waals surface area contributed by atoms with Gasteiger partial charge in [-0.05, 0) is 232 Å². The number of unbranched alkanes of at least 4 members (excludes halogenated alkanes) is 6. The Kier molecular flexibility index (Phi) is 48.8. The van der Waals surface area contributed by atoms with Crippen LogP contribution in [0.2, 0.25) is 0 Å². The molecule has 0 spiro atoms. The Labute approximate surface area is 858 Å². The van der Waals surface area contributed by atoms with Crippen LogP contribution in [0.25, 0.3) is 66.8 Å². The number of aromatic carboxylic acids is 2. The van der Waals surface area contributed by atoms with Crippen molar-refractivity contribution in [2.24, 2.45) is 35.5 Å². The van der Waals surface area contributed by atoms with Crippen LogP contribution in [0.1, 0.15) is 344 Å². The molecule has 0 aliphatic carbocycles. The lowest BCUT2D eigenvalue weighted by atomic mass is 9.78. The molecule has 24 nitrogen and oxygen atoms in total. The van der Waals surface area contributed by atoms with Gasteiger partial charge in [0.1, 0.15) is 102 Å². The highest BCUT2D eigenvalue weighted by atomic mass is 16.6. The van der Waals surface area contributed by atoms with Crippen LogP contribution >= 0.6 is 0 Å². The lowest BCUT2D eigenvalue weighted by Crippen LogP contribution is -2.16. The van der Waals surface area contributed by atoms with Crippen LogP contribution < -0.4 is 56.8 Å². The molecule has 0 aliphatic heterocycles. The number of carbonyl (C=O) groups is 6. The lowest BCUT2D eigenvalue weighted by Gasteiger charge is -2.29. The molecule has 8 rings (SSSR count). The summed E-state index contributed by atoms with van der Waals surface area (Å²) in [5.74, 6) is 1.33. The van der Waals surface area contributed by atoms with Crippen LogP contribution in [0.15, 0.2) is 60.7 Å². The molecule has 0 bridgehead atoms. The normalized spacial score (nSPS) is 12.4. The maximum Gasteiger partial charge on any atom is 0.341 e. The third-order valence-electron chi connectivity index (χ3n) is 28.9. The third-order valence-corrected chi connectivity index (χ3v) is 28.9. The molecule has 0 radical (unpaired) electrons. The second-order valence-electron chi connectivity index (χ2n) is 38.0. The van der Waals surface area contributed by atoms with E-state index in [2.05, 4.69) is 83.1 Å². The lowest BCUT2D eigenvalue weighted by molar-refractivity contribution is 0.0585. The van der Waals surface area contributed by atoms with Gasteiger partial charge >= 0.3 is 35.8 Å². The first kappa shape index (κ1) is 119. The van der Waals surface area contributed by atoms with Gasteiger partial charge in [-0.2, -0.15) is 0 Å². The number of esters is 4. The highest BCUT2D eigenvalue weighted by molar-refractivity contribution is 6.06. The molecule has 0 heterocycles. The molecule has 8 aromatic rings. The molecule has 144 heavy (non-hydrogen) atoms. The molecule has 24 heteroatoms. The molecule has 0 aromatic heterocycles. The minimum Gasteiger partial charge on any atom is -0.496 e.